The summed E-state index contributed by atoms with van der Waals surface area (Å²) in [5.74, 6) is 0.494. The zero-order valence-electron chi connectivity index (χ0n) is 13.1. The molecule has 20 heavy (non-hydrogen) atoms. The summed E-state index contributed by atoms with van der Waals surface area (Å²) >= 11 is 0. The summed E-state index contributed by atoms with van der Waals surface area (Å²) in [6, 6.07) is -0.131. The Balaban J connectivity index is 2.43. The molecule has 1 rings (SSSR count). The van der Waals surface area contributed by atoms with Gasteiger partial charge in [-0.1, -0.05) is 20.8 Å². The van der Waals surface area contributed by atoms with Crippen molar-refractivity contribution in [3.8, 4) is 0 Å². The maximum atomic E-state index is 12.1. The molecule has 0 aliphatic carbocycles. The predicted molar refractivity (Wildman–Crippen MR) is 78.6 cm³/mol. The number of urea groups is 1. The van der Waals surface area contributed by atoms with E-state index in [4.69, 9.17) is 0 Å². The summed E-state index contributed by atoms with van der Waals surface area (Å²) in [6.07, 6.45) is 2.57. The van der Waals surface area contributed by atoms with Crippen LogP contribution in [-0.4, -0.2) is 41.6 Å². The van der Waals surface area contributed by atoms with Crippen molar-refractivity contribution in [2.24, 2.45) is 17.3 Å². The molecule has 0 spiro atoms. The number of rotatable bonds is 5. The number of nitrogens with one attached hydrogen (secondary N) is 1. The largest absolute Gasteiger partial charge is 0.481 e. The second kappa shape index (κ2) is 6.95. The third-order valence-electron chi connectivity index (χ3n) is 4.70. The van der Waals surface area contributed by atoms with E-state index < -0.39 is 11.4 Å². The number of piperidine rings is 1. The van der Waals surface area contributed by atoms with Gasteiger partial charge >= 0.3 is 12.0 Å². The zero-order valence-corrected chi connectivity index (χ0v) is 13.1. The Hall–Kier alpha value is -1.26. The molecular formula is C15H28N2O3. The van der Waals surface area contributed by atoms with Crippen molar-refractivity contribution in [2.75, 3.05) is 19.6 Å². The molecule has 2 amide bonds. The third-order valence-corrected chi connectivity index (χ3v) is 4.70. The molecule has 0 aromatic heterocycles. The van der Waals surface area contributed by atoms with Crippen molar-refractivity contribution < 1.29 is 14.7 Å². The van der Waals surface area contributed by atoms with Crippen LogP contribution in [0, 0.1) is 17.3 Å². The van der Waals surface area contributed by atoms with Crippen LogP contribution in [0.5, 0.6) is 0 Å². The maximum absolute atomic E-state index is 12.1. The van der Waals surface area contributed by atoms with Crippen molar-refractivity contribution >= 4 is 12.0 Å². The van der Waals surface area contributed by atoms with Gasteiger partial charge in [-0.05, 0) is 38.0 Å². The Morgan fingerprint density at radius 3 is 2.30 bits per heavy atom. The molecule has 1 heterocycles. The summed E-state index contributed by atoms with van der Waals surface area (Å²) in [5.41, 5.74) is -0.883. The summed E-state index contributed by atoms with van der Waals surface area (Å²) in [4.78, 5) is 25.1. The van der Waals surface area contributed by atoms with Crippen molar-refractivity contribution in [3.63, 3.8) is 0 Å². The van der Waals surface area contributed by atoms with E-state index in [1.165, 1.54) is 0 Å². The van der Waals surface area contributed by atoms with Crippen LogP contribution in [0.25, 0.3) is 0 Å². The van der Waals surface area contributed by atoms with Gasteiger partial charge in [-0.2, -0.15) is 0 Å². The normalized spacial score (nSPS) is 19.8. The molecule has 1 aliphatic rings. The first kappa shape index (κ1) is 16.8. The average Bonchev–Trinajstić information content (AvgIpc) is 2.44. The van der Waals surface area contributed by atoms with Crippen LogP contribution < -0.4 is 5.32 Å². The topological polar surface area (TPSA) is 69.6 Å². The first-order valence-corrected chi connectivity index (χ1v) is 7.56. The minimum Gasteiger partial charge on any atom is -0.481 e. The van der Waals surface area contributed by atoms with Crippen molar-refractivity contribution in [1.29, 1.82) is 0 Å². The van der Waals surface area contributed by atoms with Crippen LogP contribution in [-0.2, 0) is 4.79 Å². The van der Waals surface area contributed by atoms with Crippen LogP contribution in [0.15, 0.2) is 0 Å². The number of carboxylic acids is 1. The highest BCUT2D eigenvalue weighted by Gasteiger charge is 2.32. The van der Waals surface area contributed by atoms with Crippen LogP contribution in [0.3, 0.4) is 0 Å². The lowest BCUT2D eigenvalue weighted by atomic mass is 9.86. The Bertz CT molecular complexity index is 349. The SMILES string of the molecule is CCC(C)(CNC(=O)N1CCC(C(C)C)CC1)C(=O)O. The number of nitrogens with zero attached hydrogens (tertiary/aromatic N) is 1. The van der Waals surface area contributed by atoms with E-state index in [1.807, 2.05) is 6.92 Å². The molecule has 0 aromatic carbocycles. The van der Waals surface area contributed by atoms with Gasteiger partial charge in [-0.15, -0.1) is 0 Å². The molecular weight excluding hydrogens is 256 g/mol. The highest BCUT2D eigenvalue weighted by Crippen LogP contribution is 2.25. The Morgan fingerprint density at radius 2 is 1.90 bits per heavy atom. The fraction of sp³-hybridized carbons (Fsp3) is 0.867. The highest BCUT2D eigenvalue weighted by atomic mass is 16.4. The van der Waals surface area contributed by atoms with Gasteiger partial charge in [0, 0.05) is 19.6 Å². The monoisotopic (exact) mass is 284 g/mol. The van der Waals surface area contributed by atoms with Crippen LogP contribution in [0.4, 0.5) is 4.79 Å². The summed E-state index contributed by atoms with van der Waals surface area (Å²) in [7, 11) is 0. The number of likely N-dealkylation sites (tertiary alicyclic amines) is 1. The number of carboxylic acid groups (broad SMARTS) is 1. The molecule has 5 heteroatoms. The quantitative estimate of drug-likeness (QED) is 0.815. The minimum atomic E-state index is -0.883. The van der Waals surface area contributed by atoms with Gasteiger partial charge in [0.25, 0.3) is 0 Å². The molecule has 5 nitrogen and oxygen atoms in total. The van der Waals surface area contributed by atoms with E-state index in [2.05, 4.69) is 19.2 Å². The number of amides is 2. The predicted octanol–water partition coefficient (Wildman–Crippen LogP) is 2.56. The maximum Gasteiger partial charge on any atom is 0.317 e. The second-order valence-corrected chi connectivity index (χ2v) is 6.45. The van der Waals surface area contributed by atoms with Crippen molar-refractivity contribution in [1.82, 2.24) is 10.2 Å². The fourth-order valence-electron chi connectivity index (χ4n) is 2.50. The molecule has 1 atom stereocenters. The molecule has 0 bridgehead atoms. The van der Waals surface area contributed by atoms with Crippen LogP contribution in [0.2, 0.25) is 0 Å². The highest BCUT2D eigenvalue weighted by molar-refractivity contribution is 5.77. The van der Waals surface area contributed by atoms with Crippen LogP contribution >= 0.6 is 0 Å². The molecule has 0 radical (unpaired) electrons. The molecule has 2 N–H and O–H groups in total. The van der Waals surface area contributed by atoms with Gasteiger partial charge in [0.2, 0.25) is 0 Å². The van der Waals surface area contributed by atoms with E-state index in [-0.39, 0.29) is 12.6 Å². The van der Waals surface area contributed by atoms with Gasteiger partial charge < -0.3 is 15.3 Å². The Morgan fingerprint density at radius 1 is 1.35 bits per heavy atom. The second-order valence-electron chi connectivity index (χ2n) is 6.45. The van der Waals surface area contributed by atoms with Crippen molar-refractivity contribution in [2.45, 2.75) is 47.0 Å². The van der Waals surface area contributed by atoms with E-state index in [9.17, 15) is 14.7 Å². The molecule has 0 aromatic rings. The molecule has 1 saturated heterocycles. The first-order chi connectivity index (χ1) is 9.30. The lowest BCUT2D eigenvalue weighted by Crippen LogP contribution is -2.49. The molecule has 1 unspecified atom stereocenters. The van der Waals surface area contributed by atoms with E-state index in [0.29, 0.717) is 18.3 Å². The lowest BCUT2D eigenvalue weighted by Gasteiger charge is -2.34. The van der Waals surface area contributed by atoms with E-state index in [1.54, 1.807) is 11.8 Å². The average molecular weight is 284 g/mol. The van der Waals surface area contributed by atoms with Gasteiger partial charge in [-0.25, -0.2) is 4.79 Å². The smallest absolute Gasteiger partial charge is 0.317 e. The first-order valence-electron chi connectivity index (χ1n) is 7.56. The minimum absolute atomic E-state index is 0.131. The van der Waals surface area contributed by atoms with Gasteiger partial charge in [-0.3, -0.25) is 4.79 Å². The Kier molecular flexibility index (Phi) is 5.84. The Labute approximate surface area is 121 Å². The van der Waals surface area contributed by atoms with Gasteiger partial charge in [0.05, 0.1) is 5.41 Å². The van der Waals surface area contributed by atoms with Crippen LogP contribution in [0.1, 0.15) is 47.0 Å². The van der Waals surface area contributed by atoms with Gasteiger partial charge in [0.15, 0.2) is 0 Å². The molecule has 116 valence electrons. The summed E-state index contributed by atoms with van der Waals surface area (Å²) in [5, 5.41) is 12.0. The van der Waals surface area contributed by atoms with Gasteiger partial charge in [0.1, 0.15) is 0 Å². The van der Waals surface area contributed by atoms with E-state index in [0.717, 1.165) is 25.9 Å². The van der Waals surface area contributed by atoms with Crippen molar-refractivity contribution in [3.05, 3.63) is 0 Å². The molecule has 1 fully saturated rings. The standard InChI is InChI=1S/C15H28N2O3/c1-5-15(4,13(18)19)10-16-14(20)17-8-6-12(7-9-17)11(2)3/h11-12H,5-10H2,1-4H3,(H,16,20)(H,18,19). The zero-order chi connectivity index (χ0) is 15.3. The molecule has 0 saturated carbocycles. The fourth-order valence-corrected chi connectivity index (χ4v) is 2.50. The number of carbonyl (C=O) groups is 2. The summed E-state index contributed by atoms with van der Waals surface area (Å²) < 4.78 is 0. The number of carbonyl (C=O) groups excluding carboxylic acids is 1. The number of hydrogen-bond acceptors (Lipinski definition) is 2. The third kappa shape index (κ3) is 4.12. The molecule has 1 aliphatic heterocycles. The number of aliphatic carboxylic acids is 1. The van der Waals surface area contributed by atoms with E-state index >= 15 is 0 Å². The lowest BCUT2D eigenvalue weighted by molar-refractivity contribution is -0.147. The summed E-state index contributed by atoms with van der Waals surface area (Å²) in [6.45, 7) is 9.66. The number of hydrogen-bond donors (Lipinski definition) is 2.